The Morgan fingerprint density at radius 3 is 2.93 bits per heavy atom. The fraction of sp³-hybridized carbons (Fsp3) is 0.125. The Morgan fingerprint density at radius 1 is 1.57 bits per heavy atom. The molecule has 2 rings (SSSR count). The van der Waals surface area contributed by atoms with Crippen molar-refractivity contribution in [1.29, 1.82) is 0 Å². The highest BCUT2D eigenvalue weighted by molar-refractivity contribution is 14.1. The average Bonchev–Trinajstić information content (AvgIpc) is 2.46. The van der Waals surface area contributed by atoms with E-state index in [9.17, 15) is 10.1 Å². The maximum Gasteiger partial charge on any atom is 0.283 e. The normalized spacial score (nSPS) is 13.7. The minimum atomic E-state index is -0.393. The van der Waals surface area contributed by atoms with E-state index < -0.39 is 4.92 Å². The van der Waals surface area contributed by atoms with Gasteiger partial charge < -0.3 is 0 Å². The number of hydrogen-bond acceptors (Lipinski definition) is 3. The number of hydrogen-bond donors (Lipinski definition) is 0. The molecule has 0 amide bonds. The Labute approximate surface area is 102 Å². The monoisotopic (exact) mass is 366 g/mol. The Balaban J connectivity index is 2.60. The van der Waals surface area contributed by atoms with E-state index in [-0.39, 0.29) is 5.69 Å². The summed E-state index contributed by atoms with van der Waals surface area (Å²) in [5.74, 6) is 0. The van der Waals surface area contributed by atoms with Gasteiger partial charge in [0.05, 0.1) is 15.9 Å². The van der Waals surface area contributed by atoms with Crippen LogP contribution in [0.25, 0.3) is 0 Å². The van der Waals surface area contributed by atoms with Crippen molar-refractivity contribution in [3.05, 3.63) is 37.8 Å². The highest BCUT2D eigenvalue weighted by atomic mass is 127. The Morgan fingerprint density at radius 2 is 2.29 bits per heavy atom. The van der Waals surface area contributed by atoms with Crippen molar-refractivity contribution in [2.45, 2.75) is 6.54 Å². The fourth-order valence-corrected chi connectivity index (χ4v) is 2.47. The van der Waals surface area contributed by atoms with E-state index in [2.05, 4.69) is 43.5 Å². The standard InChI is InChI=1S/C8H4BrIN2O2/c9-6-2-5-4(3-11-8(5)10)1-7(6)12(13)14/h1-2H,3H2. The third-order valence-electron chi connectivity index (χ3n) is 1.98. The number of aliphatic imine (C=N–C) groups is 1. The first-order valence-corrected chi connectivity index (χ1v) is 5.64. The van der Waals surface area contributed by atoms with E-state index in [0.717, 1.165) is 14.8 Å². The summed E-state index contributed by atoms with van der Waals surface area (Å²) in [5, 5.41) is 10.6. The van der Waals surface area contributed by atoms with Crippen LogP contribution < -0.4 is 0 Å². The van der Waals surface area contributed by atoms with Crippen LogP contribution in [0.5, 0.6) is 0 Å². The summed E-state index contributed by atoms with van der Waals surface area (Å²) in [6.45, 7) is 0.543. The van der Waals surface area contributed by atoms with Crippen LogP contribution in [0.2, 0.25) is 0 Å². The van der Waals surface area contributed by atoms with Gasteiger partial charge in [-0.25, -0.2) is 0 Å². The second-order valence-corrected chi connectivity index (χ2v) is 4.70. The second-order valence-electron chi connectivity index (χ2n) is 2.82. The van der Waals surface area contributed by atoms with Crippen LogP contribution in [0.4, 0.5) is 5.69 Å². The quantitative estimate of drug-likeness (QED) is 0.435. The predicted molar refractivity (Wildman–Crippen MR) is 65.1 cm³/mol. The molecule has 14 heavy (non-hydrogen) atoms. The zero-order valence-electron chi connectivity index (χ0n) is 6.83. The lowest BCUT2D eigenvalue weighted by Crippen LogP contribution is -1.94. The number of nitro benzene ring substituents is 1. The maximum absolute atomic E-state index is 10.6. The summed E-state index contributed by atoms with van der Waals surface area (Å²) in [4.78, 5) is 14.5. The molecule has 0 aliphatic carbocycles. The Bertz CT molecular complexity index is 459. The summed E-state index contributed by atoms with van der Waals surface area (Å²) >= 11 is 5.31. The fourth-order valence-electron chi connectivity index (χ4n) is 1.31. The summed E-state index contributed by atoms with van der Waals surface area (Å²) in [5.41, 5.74) is 2.01. The smallest absolute Gasteiger partial charge is 0.273 e. The van der Waals surface area contributed by atoms with E-state index in [1.54, 1.807) is 12.1 Å². The van der Waals surface area contributed by atoms with Crippen molar-refractivity contribution in [3.63, 3.8) is 0 Å². The van der Waals surface area contributed by atoms with Gasteiger partial charge in [-0.1, -0.05) is 0 Å². The van der Waals surface area contributed by atoms with Gasteiger partial charge in [0.2, 0.25) is 0 Å². The predicted octanol–water partition coefficient (Wildman–Crippen LogP) is 3.05. The molecule has 0 unspecified atom stereocenters. The first-order valence-electron chi connectivity index (χ1n) is 3.76. The molecular weight excluding hydrogens is 363 g/mol. The van der Waals surface area contributed by atoms with E-state index >= 15 is 0 Å². The van der Waals surface area contributed by atoms with Crippen molar-refractivity contribution in [2.24, 2.45) is 4.99 Å². The molecule has 1 aromatic carbocycles. The third-order valence-corrected chi connectivity index (χ3v) is 3.54. The summed E-state index contributed by atoms with van der Waals surface area (Å²) in [6.07, 6.45) is 0. The summed E-state index contributed by atoms with van der Waals surface area (Å²) in [6, 6.07) is 3.33. The first-order chi connectivity index (χ1) is 6.59. The van der Waals surface area contributed by atoms with Gasteiger partial charge in [0.25, 0.3) is 5.69 Å². The molecule has 1 aromatic rings. The average molecular weight is 367 g/mol. The van der Waals surface area contributed by atoms with Gasteiger partial charge in [-0.05, 0) is 50.2 Å². The molecule has 0 bridgehead atoms. The summed E-state index contributed by atoms with van der Waals surface area (Å²) < 4.78 is 1.42. The van der Waals surface area contributed by atoms with Crippen LogP contribution in [-0.2, 0) is 6.54 Å². The van der Waals surface area contributed by atoms with Gasteiger partial charge in [-0.3, -0.25) is 15.1 Å². The number of nitrogens with zero attached hydrogens (tertiary/aromatic N) is 2. The van der Waals surface area contributed by atoms with Crippen molar-refractivity contribution in [2.75, 3.05) is 0 Å². The largest absolute Gasteiger partial charge is 0.283 e. The highest BCUT2D eigenvalue weighted by Crippen LogP contribution is 2.32. The van der Waals surface area contributed by atoms with Crippen molar-refractivity contribution < 1.29 is 4.92 Å². The van der Waals surface area contributed by atoms with Gasteiger partial charge in [-0.15, -0.1) is 0 Å². The molecule has 6 heteroatoms. The molecule has 72 valence electrons. The van der Waals surface area contributed by atoms with Gasteiger partial charge in [0.1, 0.15) is 3.72 Å². The van der Waals surface area contributed by atoms with E-state index in [1.165, 1.54) is 0 Å². The number of rotatable bonds is 1. The van der Waals surface area contributed by atoms with Gasteiger partial charge in [0, 0.05) is 11.6 Å². The highest BCUT2D eigenvalue weighted by Gasteiger charge is 2.20. The molecule has 0 atom stereocenters. The van der Waals surface area contributed by atoms with Crippen LogP contribution in [0.3, 0.4) is 0 Å². The molecule has 4 nitrogen and oxygen atoms in total. The second kappa shape index (κ2) is 3.58. The van der Waals surface area contributed by atoms with Crippen molar-refractivity contribution in [1.82, 2.24) is 0 Å². The molecule has 0 spiro atoms. The Kier molecular flexibility index (Phi) is 2.56. The van der Waals surface area contributed by atoms with Gasteiger partial charge in [0.15, 0.2) is 0 Å². The molecule has 0 fully saturated rings. The number of halogens is 2. The van der Waals surface area contributed by atoms with E-state index in [4.69, 9.17) is 0 Å². The molecule has 0 saturated carbocycles. The minimum absolute atomic E-state index is 0.102. The zero-order valence-corrected chi connectivity index (χ0v) is 10.6. The molecule has 1 aliphatic rings. The summed E-state index contributed by atoms with van der Waals surface area (Å²) in [7, 11) is 0. The first kappa shape index (κ1) is 10.0. The van der Waals surface area contributed by atoms with Crippen molar-refractivity contribution >= 4 is 47.9 Å². The molecule has 0 radical (unpaired) electrons. The SMILES string of the molecule is O=[N+]([O-])c1cc2c(cc1Br)C(I)=NC2. The lowest BCUT2D eigenvalue weighted by atomic mass is 10.1. The van der Waals surface area contributed by atoms with E-state index in [0.29, 0.717) is 11.0 Å². The van der Waals surface area contributed by atoms with Crippen molar-refractivity contribution in [3.8, 4) is 0 Å². The minimum Gasteiger partial charge on any atom is -0.273 e. The lowest BCUT2D eigenvalue weighted by Gasteiger charge is -2.00. The molecule has 0 saturated heterocycles. The third kappa shape index (κ3) is 1.56. The van der Waals surface area contributed by atoms with Gasteiger partial charge in [-0.2, -0.15) is 0 Å². The van der Waals surface area contributed by atoms with Crippen LogP contribution in [0.1, 0.15) is 11.1 Å². The van der Waals surface area contributed by atoms with Crippen LogP contribution in [-0.4, -0.2) is 8.64 Å². The maximum atomic E-state index is 10.6. The number of benzene rings is 1. The van der Waals surface area contributed by atoms with Crippen LogP contribution >= 0.6 is 38.5 Å². The Hall–Kier alpha value is -0.500. The molecule has 1 heterocycles. The molecule has 0 N–H and O–H groups in total. The van der Waals surface area contributed by atoms with Crippen LogP contribution in [0, 0.1) is 10.1 Å². The van der Waals surface area contributed by atoms with E-state index in [1.807, 2.05) is 0 Å². The zero-order chi connectivity index (χ0) is 10.3. The molecule has 0 aromatic heterocycles. The number of nitro groups is 1. The molecular formula is C8H4BrIN2O2. The number of fused-ring (bicyclic) bond motifs is 1. The lowest BCUT2D eigenvalue weighted by molar-refractivity contribution is -0.385. The molecule has 1 aliphatic heterocycles. The van der Waals surface area contributed by atoms with Gasteiger partial charge >= 0.3 is 0 Å². The topological polar surface area (TPSA) is 55.5 Å². The van der Waals surface area contributed by atoms with Crippen LogP contribution in [0.15, 0.2) is 21.6 Å².